The molecule has 0 saturated heterocycles. The standard InChI is InChI=1S/C21H26Cl2N6O4S/c22-14-8-9-18(15(23)12-14)34(32,33)29-16(7-4-10-27-21(25)26)20(31)28-17(19(24)30)11-13-5-2-1-3-6-13/h1-3,5-6,8-9,12,16-17,29H,4,7,10-11H2,(H2,24,30)(H,28,31)(H4,25,26,27)/t16-,17-/m0/s1. The SMILES string of the molecule is NC(=O)[C@H](Cc1ccccc1)NC(=O)[C@H](CCCN=C(N)N)NS(=O)(=O)c1ccc(Cl)cc1Cl. The Balaban J connectivity index is 2.24. The minimum Gasteiger partial charge on any atom is -0.370 e. The molecule has 2 atom stereocenters. The second-order valence-electron chi connectivity index (χ2n) is 7.35. The fourth-order valence-corrected chi connectivity index (χ4v) is 5.04. The van der Waals surface area contributed by atoms with E-state index in [1.54, 1.807) is 24.3 Å². The second kappa shape index (κ2) is 12.6. The monoisotopic (exact) mass is 528 g/mol. The molecule has 2 aromatic carbocycles. The van der Waals surface area contributed by atoms with Crippen molar-refractivity contribution in [1.29, 1.82) is 0 Å². The number of nitrogens with zero attached hydrogens (tertiary/aromatic N) is 1. The molecule has 2 aromatic rings. The summed E-state index contributed by atoms with van der Waals surface area (Å²) in [5.41, 5.74) is 16.9. The maximum atomic E-state index is 13.0. The first kappa shape index (κ1) is 27.4. The minimum atomic E-state index is -4.22. The van der Waals surface area contributed by atoms with E-state index in [9.17, 15) is 18.0 Å². The number of aliphatic imine (C=N–C) groups is 1. The molecule has 2 amide bonds. The first-order valence-electron chi connectivity index (χ1n) is 10.2. The lowest BCUT2D eigenvalue weighted by atomic mass is 10.0. The summed E-state index contributed by atoms with van der Waals surface area (Å²) in [7, 11) is -4.22. The van der Waals surface area contributed by atoms with Gasteiger partial charge in [0.1, 0.15) is 17.0 Å². The molecule has 0 unspecified atom stereocenters. The van der Waals surface area contributed by atoms with E-state index in [1.165, 1.54) is 18.2 Å². The number of nitrogens with one attached hydrogen (secondary N) is 2. The normalized spacial score (nSPS) is 13.0. The molecule has 0 bridgehead atoms. The van der Waals surface area contributed by atoms with Crippen LogP contribution in [-0.4, -0.2) is 44.8 Å². The fraction of sp³-hybridized carbons (Fsp3) is 0.286. The predicted octanol–water partition coefficient (Wildman–Crippen LogP) is 0.907. The molecular formula is C21H26Cl2N6O4S. The molecule has 0 aromatic heterocycles. The van der Waals surface area contributed by atoms with Gasteiger partial charge in [-0.3, -0.25) is 14.6 Å². The number of amides is 2. The van der Waals surface area contributed by atoms with Crippen molar-refractivity contribution in [2.24, 2.45) is 22.2 Å². The molecule has 0 radical (unpaired) electrons. The van der Waals surface area contributed by atoms with Crippen LogP contribution in [0.4, 0.5) is 0 Å². The molecule has 0 aliphatic carbocycles. The van der Waals surface area contributed by atoms with Gasteiger partial charge in [0.25, 0.3) is 0 Å². The van der Waals surface area contributed by atoms with Crippen LogP contribution in [0.3, 0.4) is 0 Å². The summed E-state index contributed by atoms with van der Waals surface area (Å²) in [5.74, 6) is -1.63. The van der Waals surface area contributed by atoms with Crippen LogP contribution in [0, 0.1) is 0 Å². The van der Waals surface area contributed by atoms with Gasteiger partial charge in [0.05, 0.1) is 5.02 Å². The van der Waals surface area contributed by atoms with Gasteiger partial charge in [-0.05, 0) is 36.6 Å². The van der Waals surface area contributed by atoms with E-state index in [4.69, 9.17) is 40.4 Å². The lowest BCUT2D eigenvalue weighted by molar-refractivity contribution is -0.128. The zero-order valence-electron chi connectivity index (χ0n) is 18.1. The number of benzene rings is 2. The number of carbonyl (C=O) groups excluding carboxylic acids is 2. The molecule has 0 aliphatic rings. The first-order chi connectivity index (χ1) is 16.0. The van der Waals surface area contributed by atoms with E-state index < -0.39 is 33.9 Å². The van der Waals surface area contributed by atoms with Crippen molar-refractivity contribution in [2.75, 3.05) is 6.54 Å². The van der Waals surface area contributed by atoms with E-state index in [0.29, 0.717) is 0 Å². The van der Waals surface area contributed by atoms with Crippen LogP contribution >= 0.6 is 23.2 Å². The summed E-state index contributed by atoms with van der Waals surface area (Å²) in [6.45, 7) is 0.165. The van der Waals surface area contributed by atoms with Gasteiger partial charge >= 0.3 is 0 Å². The average Bonchev–Trinajstić information content (AvgIpc) is 2.75. The third-order valence-corrected chi connectivity index (χ3v) is 6.87. The zero-order chi connectivity index (χ0) is 25.3. The molecule has 13 heteroatoms. The Labute approximate surface area is 207 Å². The Hall–Kier alpha value is -2.86. The number of nitrogens with two attached hydrogens (primary N) is 3. The van der Waals surface area contributed by atoms with E-state index in [0.717, 1.165) is 5.56 Å². The molecule has 0 fully saturated rings. The van der Waals surface area contributed by atoms with Crippen LogP contribution in [0.1, 0.15) is 18.4 Å². The number of hydrogen-bond acceptors (Lipinski definition) is 5. The highest BCUT2D eigenvalue weighted by Crippen LogP contribution is 2.25. The van der Waals surface area contributed by atoms with Gasteiger partial charge in [-0.15, -0.1) is 0 Å². The third kappa shape index (κ3) is 8.49. The highest BCUT2D eigenvalue weighted by atomic mass is 35.5. The zero-order valence-corrected chi connectivity index (χ0v) is 20.4. The number of halogens is 2. The number of hydrogen-bond donors (Lipinski definition) is 5. The number of sulfonamides is 1. The van der Waals surface area contributed by atoms with Gasteiger partial charge in [-0.1, -0.05) is 53.5 Å². The molecule has 34 heavy (non-hydrogen) atoms. The molecule has 0 saturated carbocycles. The molecule has 2 rings (SSSR count). The smallest absolute Gasteiger partial charge is 0.242 e. The Bertz CT molecular complexity index is 1140. The third-order valence-electron chi connectivity index (χ3n) is 4.69. The Kier molecular flexibility index (Phi) is 10.1. The number of carbonyl (C=O) groups is 2. The Morgan fingerprint density at radius 2 is 1.68 bits per heavy atom. The molecular weight excluding hydrogens is 503 g/mol. The van der Waals surface area contributed by atoms with Crippen LogP contribution in [0.5, 0.6) is 0 Å². The maximum absolute atomic E-state index is 13.0. The van der Waals surface area contributed by atoms with Crippen LogP contribution in [0.25, 0.3) is 0 Å². The Morgan fingerprint density at radius 3 is 2.26 bits per heavy atom. The van der Waals surface area contributed by atoms with E-state index in [-0.39, 0.29) is 46.7 Å². The van der Waals surface area contributed by atoms with Gasteiger partial charge in [0.15, 0.2) is 5.96 Å². The van der Waals surface area contributed by atoms with Crippen molar-refractivity contribution in [3.63, 3.8) is 0 Å². The van der Waals surface area contributed by atoms with Crippen LogP contribution in [-0.2, 0) is 26.0 Å². The highest BCUT2D eigenvalue weighted by Gasteiger charge is 2.29. The Morgan fingerprint density at radius 1 is 1.00 bits per heavy atom. The van der Waals surface area contributed by atoms with Crippen molar-refractivity contribution in [1.82, 2.24) is 10.0 Å². The summed E-state index contributed by atoms with van der Waals surface area (Å²) in [6.07, 6.45) is 0.440. The lowest BCUT2D eigenvalue weighted by Crippen LogP contribution is -2.53. The quantitative estimate of drug-likeness (QED) is 0.155. The molecule has 184 valence electrons. The van der Waals surface area contributed by atoms with E-state index in [1.807, 2.05) is 6.07 Å². The largest absolute Gasteiger partial charge is 0.370 e. The van der Waals surface area contributed by atoms with Crippen molar-refractivity contribution in [3.05, 3.63) is 64.1 Å². The molecule has 0 aliphatic heterocycles. The first-order valence-corrected chi connectivity index (χ1v) is 12.4. The van der Waals surface area contributed by atoms with Crippen LogP contribution in [0.2, 0.25) is 10.0 Å². The molecule has 10 nitrogen and oxygen atoms in total. The summed E-state index contributed by atoms with van der Waals surface area (Å²) in [6, 6.07) is 10.5. The molecule has 0 spiro atoms. The van der Waals surface area contributed by atoms with Gasteiger partial charge < -0.3 is 22.5 Å². The van der Waals surface area contributed by atoms with Gasteiger partial charge in [-0.25, -0.2) is 8.42 Å². The van der Waals surface area contributed by atoms with Gasteiger partial charge in [0.2, 0.25) is 21.8 Å². The van der Waals surface area contributed by atoms with E-state index >= 15 is 0 Å². The van der Waals surface area contributed by atoms with Crippen molar-refractivity contribution in [2.45, 2.75) is 36.2 Å². The average molecular weight is 529 g/mol. The number of rotatable bonds is 12. The summed E-state index contributed by atoms with van der Waals surface area (Å²) < 4.78 is 28.2. The topological polar surface area (TPSA) is 183 Å². The van der Waals surface area contributed by atoms with Crippen LogP contribution < -0.4 is 27.2 Å². The summed E-state index contributed by atoms with van der Waals surface area (Å²) >= 11 is 11.9. The molecule has 0 heterocycles. The lowest BCUT2D eigenvalue weighted by Gasteiger charge is -2.22. The van der Waals surface area contributed by atoms with E-state index in [2.05, 4.69) is 15.0 Å². The second-order valence-corrected chi connectivity index (χ2v) is 9.88. The highest BCUT2D eigenvalue weighted by molar-refractivity contribution is 7.89. The van der Waals surface area contributed by atoms with Crippen molar-refractivity contribution >= 4 is 51.0 Å². The van der Waals surface area contributed by atoms with Gasteiger partial charge in [-0.2, -0.15) is 4.72 Å². The van der Waals surface area contributed by atoms with Crippen molar-refractivity contribution < 1.29 is 18.0 Å². The summed E-state index contributed by atoms with van der Waals surface area (Å²) in [5, 5.41) is 2.67. The minimum absolute atomic E-state index is 0.0316. The fourth-order valence-electron chi connectivity index (χ4n) is 3.04. The maximum Gasteiger partial charge on any atom is 0.242 e. The molecule has 8 N–H and O–H groups in total. The van der Waals surface area contributed by atoms with Crippen LogP contribution in [0.15, 0.2) is 58.4 Å². The number of primary amides is 1. The van der Waals surface area contributed by atoms with Gasteiger partial charge in [0, 0.05) is 18.0 Å². The summed E-state index contributed by atoms with van der Waals surface area (Å²) in [4.78, 5) is 28.6. The predicted molar refractivity (Wildman–Crippen MR) is 132 cm³/mol. The number of guanidine groups is 1. The van der Waals surface area contributed by atoms with Crippen molar-refractivity contribution in [3.8, 4) is 0 Å².